The predicted octanol–water partition coefficient (Wildman–Crippen LogP) is 4.41. The van der Waals surface area contributed by atoms with Gasteiger partial charge >= 0.3 is 5.97 Å². The van der Waals surface area contributed by atoms with Gasteiger partial charge < -0.3 is 14.0 Å². The number of carbonyl (C=O) groups is 1. The Morgan fingerprint density at radius 3 is 2.60 bits per heavy atom. The normalized spacial score (nSPS) is 11.3. The van der Waals surface area contributed by atoms with Crippen molar-refractivity contribution in [3.63, 3.8) is 0 Å². The summed E-state index contributed by atoms with van der Waals surface area (Å²) in [4.78, 5) is 30.4. The van der Waals surface area contributed by atoms with E-state index in [0.29, 0.717) is 28.6 Å². The zero-order valence-corrected chi connectivity index (χ0v) is 20.2. The predicted molar refractivity (Wildman–Crippen MR) is 130 cm³/mol. The van der Waals surface area contributed by atoms with Gasteiger partial charge in [-0.25, -0.2) is 9.78 Å². The maximum absolute atomic E-state index is 13.1. The van der Waals surface area contributed by atoms with E-state index in [9.17, 15) is 9.59 Å². The fourth-order valence-corrected chi connectivity index (χ4v) is 4.54. The largest absolute Gasteiger partial charge is 0.488 e. The standard InChI is InChI=1S/C25H22N4O5S/c1-4-22-27-29-23(30)11-18(26-25(29)35-22)12-33-24(31)19-9-16-7-5-6-8-17(16)10-21(19)32-13-20-14(2)28-34-15(20)3/h5-11H,4,12-13H2,1-3H3. The monoisotopic (exact) mass is 490 g/mol. The highest BCUT2D eigenvalue weighted by Crippen LogP contribution is 2.28. The molecule has 5 aromatic rings. The molecule has 0 saturated heterocycles. The second kappa shape index (κ2) is 9.30. The number of hydrogen-bond donors (Lipinski definition) is 0. The van der Waals surface area contributed by atoms with Gasteiger partial charge in [0.05, 0.1) is 17.0 Å². The van der Waals surface area contributed by atoms with Gasteiger partial charge in [-0.2, -0.15) is 9.61 Å². The Morgan fingerprint density at radius 1 is 1.11 bits per heavy atom. The van der Waals surface area contributed by atoms with Gasteiger partial charge in [-0.3, -0.25) is 4.79 Å². The number of rotatable bonds is 7. The van der Waals surface area contributed by atoms with Gasteiger partial charge in [-0.1, -0.05) is 47.7 Å². The fourth-order valence-electron chi connectivity index (χ4n) is 3.69. The molecule has 178 valence electrons. The Balaban J connectivity index is 1.41. The van der Waals surface area contributed by atoms with E-state index in [1.165, 1.54) is 21.9 Å². The SMILES string of the molecule is CCc1nn2c(=O)cc(COC(=O)c3cc4ccccc4cc3OCc3c(C)noc3C)nc2s1. The van der Waals surface area contributed by atoms with E-state index in [2.05, 4.69) is 15.2 Å². The van der Waals surface area contributed by atoms with Crippen LogP contribution in [0.15, 0.2) is 51.8 Å². The van der Waals surface area contributed by atoms with E-state index >= 15 is 0 Å². The third kappa shape index (κ3) is 4.52. The van der Waals surface area contributed by atoms with Crippen LogP contribution in [0.4, 0.5) is 0 Å². The minimum absolute atomic E-state index is 0.153. The molecule has 10 heteroatoms. The van der Waals surface area contributed by atoms with Gasteiger partial charge in [0.15, 0.2) is 0 Å². The van der Waals surface area contributed by atoms with Crippen LogP contribution in [0, 0.1) is 13.8 Å². The molecule has 3 heterocycles. The number of nitrogens with zero attached hydrogens (tertiary/aromatic N) is 4. The Kier molecular flexibility index (Phi) is 6.04. The summed E-state index contributed by atoms with van der Waals surface area (Å²) in [6.45, 7) is 5.65. The number of aryl methyl sites for hydroxylation is 3. The lowest BCUT2D eigenvalue weighted by atomic mass is 10.1. The highest BCUT2D eigenvalue weighted by Gasteiger charge is 2.19. The molecule has 5 rings (SSSR count). The third-order valence-corrected chi connectivity index (χ3v) is 6.67. The zero-order valence-electron chi connectivity index (χ0n) is 19.4. The molecule has 0 N–H and O–H groups in total. The van der Waals surface area contributed by atoms with Crippen molar-refractivity contribution >= 4 is 33.0 Å². The summed E-state index contributed by atoms with van der Waals surface area (Å²) >= 11 is 1.34. The smallest absolute Gasteiger partial charge is 0.342 e. The molecule has 9 nitrogen and oxygen atoms in total. The van der Waals surface area contributed by atoms with Crippen molar-refractivity contribution < 1.29 is 18.8 Å². The van der Waals surface area contributed by atoms with E-state index in [1.807, 2.05) is 51.1 Å². The van der Waals surface area contributed by atoms with Crippen LogP contribution in [-0.2, 0) is 24.4 Å². The molecule has 0 saturated carbocycles. The molecule has 0 aliphatic heterocycles. The maximum atomic E-state index is 13.1. The summed E-state index contributed by atoms with van der Waals surface area (Å²) in [5.41, 5.74) is 1.88. The molecule has 0 fully saturated rings. The van der Waals surface area contributed by atoms with E-state index in [-0.39, 0.29) is 24.3 Å². The van der Waals surface area contributed by atoms with Crippen LogP contribution in [0.2, 0.25) is 0 Å². The van der Waals surface area contributed by atoms with Crippen LogP contribution in [0.25, 0.3) is 15.7 Å². The molecule has 3 aromatic heterocycles. The molecular weight excluding hydrogens is 468 g/mol. The first-order chi connectivity index (χ1) is 16.9. The Morgan fingerprint density at radius 2 is 1.89 bits per heavy atom. The number of ether oxygens (including phenoxy) is 2. The summed E-state index contributed by atoms with van der Waals surface area (Å²) in [6, 6.07) is 12.5. The van der Waals surface area contributed by atoms with E-state index in [0.717, 1.165) is 27.0 Å². The molecule has 2 aromatic carbocycles. The summed E-state index contributed by atoms with van der Waals surface area (Å²) in [7, 11) is 0. The van der Waals surface area contributed by atoms with Crippen LogP contribution in [0.5, 0.6) is 5.75 Å². The first kappa shape index (κ1) is 22.7. The van der Waals surface area contributed by atoms with Gasteiger partial charge in [0.25, 0.3) is 5.56 Å². The summed E-state index contributed by atoms with van der Waals surface area (Å²) < 4.78 is 18.1. The number of aromatic nitrogens is 4. The average Bonchev–Trinajstić information content (AvgIpc) is 3.43. The van der Waals surface area contributed by atoms with Crippen LogP contribution in [0.3, 0.4) is 0 Å². The van der Waals surface area contributed by atoms with Gasteiger partial charge in [0.1, 0.15) is 35.3 Å². The van der Waals surface area contributed by atoms with Crippen molar-refractivity contribution in [2.75, 3.05) is 0 Å². The second-order valence-corrected chi connectivity index (χ2v) is 9.03. The van der Waals surface area contributed by atoms with Crippen molar-refractivity contribution in [3.8, 4) is 5.75 Å². The molecule has 0 bridgehead atoms. The van der Waals surface area contributed by atoms with Gasteiger partial charge in [-0.05, 0) is 43.2 Å². The highest BCUT2D eigenvalue weighted by molar-refractivity contribution is 7.16. The van der Waals surface area contributed by atoms with Gasteiger partial charge in [0, 0.05) is 6.07 Å². The van der Waals surface area contributed by atoms with E-state index < -0.39 is 5.97 Å². The molecule has 0 spiro atoms. The van der Waals surface area contributed by atoms with Crippen molar-refractivity contribution in [3.05, 3.63) is 86.1 Å². The minimum atomic E-state index is -0.579. The lowest BCUT2D eigenvalue weighted by Gasteiger charge is -2.13. The van der Waals surface area contributed by atoms with Crippen molar-refractivity contribution in [2.24, 2.45) is 0 Å². The first-order valence-electron chi connectivity index (χ1n) is 11.1. The van der Waals surface area contributed by atoms with E-state index in [4.69, 9.17) is 14.0 Å². The average molecular weight is 491 g/mol. The van der Waals surface area contributed by atoms with Crippen LogP contribution >= 0.6 is 11.3 Å². The lowest BCUT2D eigenvalue weighted by molar-refractivity contribution is 0.0463. The quantitative estimate of drug-likeness (QED) is 0.309. The third-order valence-electron chi connectivity index (χ3n) is 5.61. The zero-order chi connectivity index (χ0) is 24.5. The number of carbonyl (C=O) groups excluding carboxylic acids is 1. The molecule has 0 aliphatic rings. The number of benzene rings is 2. The Labute approximate surface area is 203 Å². The number of hydrogen-bond acceptors (Lipinski definition) is 9. The second-order valence-electron chi connectivity index (χ2n) is 7.99. The molecule has 0 atom stereocenters. The topological polar surface area (TPSA) is 109 Å². The van der Waals surface area contributed by atoms with Crippen molar-refractivity contribution in [1.82, 2.24) is 19.8 Å². The van der Waals surface area contributed by atoms with E-state index in [1.54, 1.807) is 6.07 Å². The first-order valence-corrected chi connectivity index (χ1v) is 11.9. The van der Waals surface area contributed by atoms with Crippen LogP contribution in [0.1, 0.15) is 45.0 Å². The summed E-state index contributed by atoms with van der Waals surface area (Å²) in [6.07, 6.45) is 0.705. The summed E-state index contributed by atoms with van der Waals surface area (Å²) in [5.74, 6) is 0.465. The molecule has 0 unspecified atom stereocenters. The van der Waals surface area contributed by atoms with Crippen molar-refractivity contribution in [2.45, 2.75) is 40.4 Å². The minimum Gasteiger partial charge on any atom is -0.488 e. The van der Waals surface area contributed by atoms with Crippen LogP contribution in [-0.4, -0.2) is 25.7 Å². The lowest BCUT2D eigenvalue weighted by Crippen LogP contribution is -2.17. The highest BCUT2D eigenvalue weighted by atomic mass is 32.1. The van der Waals surface area contributed by atoms with Gasteiger partial charge in [-0.15, -0.1) is 0 Å². The molecule has 0 radical (unpaired) electrons. The fraction of sp³-hybridized carbons (Fsp3) is 0.240. The Hall–Kier alpha value is -4.05. The Bertz CT molecular complexity index is 1600. The number of esters is 1. The molecule has 0 aliphatic carbocycles. The van der Waals surface area contributed by atoms with Crippen molar-refractivity contribution in [1.29, 1.82) is 0 Å². The number of fused-ring (bicyclic) bond motifs is 2. The molecule has 35 heavy (non-hydrogen) atoms. The molecular formula is C25H22N4O5S. The van der Waals surface area contributed by atoms with Crippen LogP contribution < -0.4 is 10.3 Å². The van der Waals surface area contributed by atoms with Gasteiger partial charge in [0.2, 0.25) is 4.96 Å². The maximum Gasteiger partial charge on any atom is 0.342 e. The summed E-state index contributed by atoms with van der Waals surface area (Å²) in [5, 5.41) is 10.8. The molecule has 0 amide bonds.